The van der Waals surface area contributed by atoms with Crippen molar-refractivity contribution >= 4 is 51.3 Å². The lowest BCUT2D eigenvalue weighted by atomic mass is 10.2. The Balaban J connectivity index is 2.10. The second-order valence-corrected chi connectivity index (χ2v) is 7.77. The molecule has 0 spiro atoms. The highest BCUT2D eigenvalue weighted by Crippen LogP contribution is 2.41. The third kappa shape index (κ3) is 2.41. The van der Waals surface area contributed by atoms with E-state index in [9.17, 15) is 4.39 Å². The quantitative estimate of drug-likeness (QED) is 0.779. The van der Waals surface area contributed by atoms with Gasteiger partial charge in [-0.25, -0.2) is 9.37 Å². The number of imidazole rings is 1. The van der Waals surface area contributed by atoms with Gasteiger partial charge in [0, 0.05) is 17.4 Å². The molecule has 108 valence electrons. The topological polar surface area (TPSA) is 43.8 Å². The molecule has 3 rings (SSSR count). The van der Waals surface area contributed by atoms with Crippen LogP contribution in [0.5, 0.6) is 0 Å². The van der Waals surface area contributed by atoms with E-state index in [0.29, 0.717) is 20.8 Å². The molecule has 20 heavy (non-hydrogen) atoms. The zero-order valence-electron chi connectivity index (χ0n) is 11.3. The van der Waals surface area contributed by atoms with Gasteiger partial charge < -0.3 is 10.3 Å². The molecule has 0 saturated heterocycles. The van der Waals surface area contributed by atoms with E-state index in [1.807, 2.05) is 34.4 Å². The minimum Gasteiger partial charge on any atom is -0.369 e. The van der Waals surface area contributed by atoms with E-state index in [-0.39, 0.29) is 5.82 Å². The van der Waals surface area contributed by atoms with E-state index in [1.54, 1.807) is 12.1 Å². The molecule has 0 amide bonds. The van der Waals surface area contributed by atoms with Crippen LogP contribution in [0.3, 0.4) is 0 Å². The van der Waals surface area contributed by atoms with Crippen molar-refractivity contribution in [1.29, 1.82) is 0 Å². The van der Waals surface area contributed by atoms with Gasteiger partial charge in [0.2, 0.25) is 5.95 Å². The first-order valence-electron chi connectivity index (χ1n) is 6.86. The molecular formula is C14H17FIN3S. The van der Waals surface area contributed by atoms with Gasteiger partial charge in [0.1, 0.15) is 5.82 Å². The number of anilines is 1. The Morgan fingerprint density at radius 2 is 2.30 bits per heavy atom. The zero-order valence-corrected chi connectivity index (χ0v) is 14.2. The molecule has 1 aliphatic rings. The highest BCUT2D eigenvalue weighted by atomic mass is 127. The number of fused-ring (bicyclic) bond motifs is 1. The zero-order chi connectivity index (χ0) is 14.3. The van der Waals surface area contributed by atoms with Gasteiger partial charge in [0.05, 0.1) is 14.6 Å². The number of nitrogens with zero attached hydrogens (tertiary/aromatic N) is 2. The van der Waals surface area contributed by atoms with E-state index in [4.69, 9.17) is 5.73 Å². The van der Waals surface area contributed by atoms with Crippen molar-refractivity contribution in [3.63, 3.8) is 0 Å². The number of halogens is 2. The molecule has 2 N–H and O–H groups in total. The van der Waals surface area contributed by atoms with Crippen LogP contribution in [-0.4, -0.2) is 20.6 Å². The van der Waals surface area contributed by atoms with Crippen LogP contribution in [0.25, 0.3) is 11.0 Å². The van der Waals surface area contributed by atoms with Crippen LogP contribution < -0.4 is 5.73 Å². The number of thioether (sulfide) groups is 1. The van der Waals surface area contributed by atoms with Crippen molar-refractivity contribution in [3.05, 3.63) is 21.5 Å². The van der Waals surface area contributed by atoms with Crippen LogP contribution in [0.1, 0.15) is 32.2 Å². The summed E-state index contributed by atoms with van der Waals surface area (Å²) in [5.74, 6) is 1.41. The van der Waals surface area contributed by atoms with Crippen molar-refractivity contribution in [1.82, 2.24) is 9.55 Å². The normalized spacial score (nSPS) is 22.8. The molecule has 2 aromatic rings. The molecule has 6 heteroatoms. The van der Waals surface area contributed by atoms with Gasteiger partial charge in [-0.05, 0) is 47.3 Å². The molecule has 0 radical (unpaired) electrons. The summed E-state index contributed by atoms with van der Waals surface area (Å²) in [5.41, 5.74) is 7.73. The van der Waals surface area contributed by atoms with Crippen molar-refractivity contribution in [2.24, 2.45) is 0 Å². The lowest BCUT2D eigenvalue weighted by molar-refractivity contribution is 0.547. The van der Waals surface area contributed by atoms with Crippen LogP contribution >= 0.6 is 34.4 Å². The molecule has 3 nitrogen and oxygen atoms in total. The van der Waals surface area contributed by atoms with Crippen LogP contribution in [0.4, 0.5) is 10.3 Å². The smallest absolute Gasteiger partial charge is 0.201 e. The van der Waals surface area contributed by atoms with Gasteiger partial charge in [-0.15, -0.1) is 0 Å². The number of hydrogen-bond acceptors (Lipinski definition) is 3. The van der Waals surface area contributed by atoms with Gasteiger partial charge in [0.25, 0.3) is 0 Å². The van der Waals surface area contributed by atoms with Gasteiger partial charge in [-0.2, -0.15) is 11.8 Å². The minimum absolute atomic E-state index is 0.197. The predicted molar refractivity (Wildman–Crippen MR) is 91.6 cm³/mol. The van der Waals surface area contributed by atoms with Crippen LogP contribution in [-0.2, 0) is 0 Å². The third-order valence-corrected chi connectivity index (χ3v) is 6.03. The second-order valence-electron chi connectivity index (χ2n) is 5.09. The fourth-order valence-electron chi connectivity index (χ4n) is 3.07. The van der Waals surface area contributed by atoms with Gasteiger partial charge in [0.15, 0.2) is 0 Å². The molecule has 0 aliphatic heterocycles. The maximum absolute atomic E-state index is 13.9. The van der Waals surface area contributed by atoms with Gasteiger partial charge in [-0.3, -0.25) is 0 Å². The molecular weight excluding hydrogens is 388 g/mol. The fraction of sp³-hybridized carbons (Fsp3) is 0.500. The minimum atomic E-state index is -0.197. The monoisotopic (exact) mass is 405 g/mol. The Kier molecular flexibility index (Phi) is 4.12. The summed E-state index contributed by atoms with van der Waals surface area (Å²) >= 11 is 3.96. The Morgan fingerprint density at radius 3 is 3.05 bits per heavy atom. The average Bonchev–Trinajstić information content (AvgIpc) is 2.95. The first-order valence-corrected chi connectivity index (χ1v) is 8.98. The summed E-state index contributed by atoms with van der Waals surface area (Å²) < 4.78 is 16.5. The van der Waals surface area contributed by atoms with E-state index in [0.717, 1.165) is 23.2 Å². The summed E-state index contributed by atoms with van der Waals surface area (Å²) in [6.07, 6.45) is 3.50. The summed E-state index contributed by atoms with van der Waals surface area (Å²) in [4.78, 5) is 4.41. The first-order chi connectivity index (χ1) is 9.61. The molecule has 1 aromatic carbocycles. The SMILES string of the molecule is CCSC1CCCC1n1c(N)nc2cc(I)c(F)cc21. The Morgan fingerprint density at radius 1 is 1.50 bits per heavy atom. The number of rotatable bonds is 3. The van der Waals surface area contributed by atoms with E-state index in [2.05, 4.69) is 16.5 Å². The van der Waals surface area contributed by atoms with Crippen LogP contribution in [0.2, 0.25) is 0 Å². The highest BCUT2D eigenvalue weighted by molar-refractivity contribution is 14.1. The molecule has 1 aliphatic carbocycles. The summed E-state index contributed by atoms with van der Waals surface area (Å²) in [6.45, 7) is 2.18. The number of hydrogen-bond donors (Lipinski definition) is 1. The number of benzene rings is 1. The van der Waals surface area contributed by atoms with Crippen LogP contribution in [0, 0.1) is 9.39 Å². The Bertz CT molecular complexity index is 643. The molecule has 1 fully saturated rings. The molecule has 1 saturated carbocycles. The van der Waals surface area contributed by atoms with E-state index < -0.39 is 0 Å². The van der Waals surface area contributed by atoms with Crippen molar-refractivity contribution in [2.45, 2.75) is 37.5 Å². The second kappa shape index (κ2) is 5.71. The summed E-state index contributed by atoms with van der Waals surface area (Å²) in [6, 6.07) is 3.69. The largest absolute Gasteiger partial charge is 0.369 e. The highest BCUT2D eigenvalue weighted by Gasteiger charge is 2.31. The lowest BCUT2D eigenvalue weighted by Gasteiger charge is -2.22. The number of aromatic nitrogens is 2. The fourth-order valence-corrected chi connectivity index (χ4v) is 4.76. The predicted octanol–water partition coefficient (Wildman–Crippen LogP) is 4.21. The Labute approximate surface area is 135 Å². The maximum atomic E-state index is 13.9. The first kappa shape index (κ1) is 14.4. The average molecular weight is 405 g/mol. The van der Waals surface area contributed by atoms with E-state index >= 15 is 0 Å². The number of nitrogens with two attached hydrogens (primary N) is 1. The Hall–Kier alpha value is -0.500. The van der Waals surface area contributed by atoms with Gasteiger partial charge >= 0.3 is 0 Å². The summed E-state index contributed by atoms with van der Waals surface area (Å²) in [5, 5.41) is 0.557. The molecule has 2 unspecified atom stereocenters. The molecule has 1 heterocycles. The summed E-state index contributed by atoms with van der Waals surface area (Å²) in [7, 11) is 0. The lowest BCUT2D eigenvalue weighted by Crippen LogP contribution is -2.18. The van der Waals surface area contributed by atoms with Crippen molar-refractivity contribution in [2.75, 3.05) is 11.5 Å². The van der Waals surface area contributed by atoms with Crippen molar-refractivity contribution in [3.8, 4) is 0 Å². The standard InChI is InChI=1S/C14H17FIN3S/c1-2-20-13-5-3-4-11(13)19-12-6-8(15)9(16)7-10(12)18-14(19)17/h6-7,11,13H,2-5H2,1H3,(H2,17,18). The maximum Gasteiger partial charge on any atom is 0.201 e. The van der Waals surface area contributed by atoms with Gasteiger partial charge in [-0.1, -0.05) is 13.3 Å². The van der Waals surface area contributed by atoms with E-state index in [1.165, 1.54) is 12.8 Å². The van der Waals surface area contributed by atoms with Crippen LogP contribution in [0.15, 0.2) is 12.1 Å². The molecule has 0 bridgehead atoms. The molecule has 2 atom stereocenters. The number of nitrogen functional groups attached to an aromatic ring is 1. The molecule has 1 aromatic heterocycles. The third-order valence-electron chi connectivity index (χ3n) is 3.89. The van der Waals surface area contributed by atoms with Crippen molar-refractivity contribution < 1.29 is 4.39 Å².